The second-order valence-corrected chi connectivity index (χ2v) is 6.94. The predicted octanol–water partition coefficient (Wildman–Crippen LogP) is 0.641. The van der Waals surface area contributed by atoms with Gasteiger partial charge in [-0.3, -0.25) is 5.32 Å². The number of carbonyl (C=O) groups excluding carboxylic acids is 2. The van der Waals surface area contributed by atoms with Crippen LogP contribution in [0.4, 0.5) is 10.7 Å². The quantitative estimate of drug-likeness (QED) is 0.575. The zero-order chi connectivity index (χ0) is 21.4. The van der Waals surface area contributed by atoms with Crippen LogP contribution in [0.5, 0.6) is 11.8 Å². The van der Waals surface area contributed by atoms with E-state index in [1.807, 2.05) is 4.72 Å². The first-order valence-electron chi connectivity index (χ1n) is 8.23. The van der Waals surface area contributed by atoms with Crippen LogP contribution < -0.4 is 19.5 Å². The summed E-state index contributed by atoms with van der Waals surface area (Å²) in [5.41, 5.74) is 0. The SMILES string of the molecule is CCOC(=O)COc1ccccc1S(=O)(=O)NC(=O)Nc1nc(C)nc(OC)n1. The Morgan fingerprint density at radius 3 is 2.55 bits per heavy atom. The van der Waals surface area contributed by atoms with Gasteiger partial charge in [0.1, 0.15) is 16.5 Å². The molecule has 2 N–H and O–H groups in total. The molecule has 13 heteroatoms. The van der Waals surface area contributed by atoms with Crippen molar-refractivity contribution in [3.8, 4) is 11.8 Å². The van der Waals surface area contributed by atoms with Crippen LogP contribution in [0.15, 0.2) is 29.2 Å². The van der Waals surface area contributed by atoms with Crippen molar-refractivity contribution in [2.45, 2.75) is 18.7 Å². The van der Waals surface area contributed by atoms with Gasteiger partial charge in [-0.25, -0.2) is 22.7 Å². The van der Waals surface area contributed by atoms with E-state index >= 15 is 0 Å². The van der Waals surface area contributed by atoms with Crippen LogP contribution in [0.2, 0.25) is 0 Å². The number of rotatable bonds is 8. The summed E-state index contributed by atoms with van der Waals surface area (Å²) >= 11 is 0. The summed E-state index contributed by atoms with van der Waals surface area (Å²) in [7, 11) is -3.01. The molecule has 0 saturated heterocycles. The van der Waals surface area contributed by atoms with Crippen molar-refractivity contribution in [2.24, 2.45) is 0 Å². The summed E-state index contributed by atoms with van der Waals surface area (Å²) in [6, 6.07) is 4.34. The van der Waals surface area contributed by atoms with Gasteiger partial charge in [0.05, 0.1) is 13.7 Å². The lowest BCUT2D eigenvalue weighted by Crippen LogP contribution is -2.35. The zero-order valence-corrected chi connectivity index (χ0v) is 16.6. The molecule has 29 heavy (non-hydrogen) atoms. The molecule has 0 saturated carbocycles. The number of nitrogens with zero attached hydrogens (tertiary/aromatic N) is 3. The largest absolute Gasteiger partial charge is 0.480 e. The van der Waals surface area contributed by atoms with Crippen molar-refractivity contribution in [1.29, 1.82) is 0 Å². The molecule has 0 aliphatic heterocycles. The topological polar surface area (TPSA) is 159 Å². The van der Waals surface area contributed by atoms with Gasteiger partial charge in [-0.1, -0.05) is 12.1 Å². The highest BCUT2D eigenvalue weighted by Crippen LogP contribution is 2.23. The molecule has 2 aromatic rings. The number of hydrogen-bond acceptors (Lipinski definition) is 10. The van der Waals surface area contributed by atoms with Crippen molar-refractivity contribution in [3.05, 3.63) is 30.1 Å². The number of sulfonamides is 1. The minimum Gasteiger partial charge on any atom is -0.480 e. The highest BCUT2D eigenvalue weighted by molar-refractivity contribution is 7.90. The molecule has 12 nitrogen and oxygen atoms in total. The molecule has 1 aromatic heterocycles. The fraction of sp³-hybridized carbons (Fsp3) is 0.312. The molecule has 0 radical (unpaired) electrons. The second-order valence-electron chi connectivity index (χ2n) is 5.29. The van der Waals surface area contributed by atoms with E-state index in [9.17, 15) is 18.0 Å². The van der Waals surface area contributed by atoms with E-state index in [4.69, 9.17) is 14.2 Å². The van der Waals surface area contributed by atoms with Crippen molar-refractivity contribution in [3.63, 3.8) is 0 Å². The van der Waals surface area contributed by atoms with E-state index in [-0.39, 0.29) is 35.0 Å². The molecule has 2 amide bonds. The summed E-state index contributed by atoms with van der Waals surface area (Å²) in [6.07, 6.45) is 0. The number of para-hydroxylation sites is 1. The van der Waals surface area contributed by atoms with Gasteiger partial charge in [0.15, 0.2) is 6.61 Å². The maximum Gasteiger partial charge on any atom is 0.344 e. The van der Waals surface area contributed by atoms with Gasteiger partial charge in [-0.05, 0) is 26.0 Å². The van der Waals surface area contributed by atoms with Gasteiger partial charge in [-0.15, -0.1) is 0 Å². The van der Waals surface area contributed by atoms with Crippen LogP contribution in [0.25, 0.3) is 0 Å². The smallest absolute Gasteiger partial charge is 0.344 e. The molecular weight excluding hydrogens is 406 g/mol. The summed E-state index contributed by atoms with van der Waals surface area (Å²) in [5.74, 6) is -0.732. The van der Waals surface area contributed by atoms with Crippen molar-refractivity contribution >= 4 is 28.0 Å². The van der Waals surface area contributed by atoms with Crippen LogP contribution in [0.1, 0.15) is 12.7 Å². The molecule has 0 unspecified atom stereocenters. The molecule has 0 fully saturated rings. The number of nitrogens with one attached hydrogen (secondary N) is 2. The van der Waals surface area contributed by atoms with Crippen molar-refractivity contribution < 1.29 is 32.2 Å². The number of anilines is 1. The number of amides is 2. The number of aromatic nitrogens is 3. The number of benzene rings is 1. The Morgan fingerprint density at radius 2 is 1.86 bits per heavy atom. The van der Waals surface area contributed by atoms with Crippen molar-refractivity contribution in [2.75, 3.05) is 25.6 Å². The Bertz CT molecular complexity index is 997. The van der Waals surface area contributed by atoms with Gasteiger partial charge in [0, 0.05) is 0 Å². The molecule has 1 heterocycles. The Balaban J connectivity index is 2.14. The highest BCUT2D eigenvalue weighted by Gasteiger charge is 2.23. The van der Waals surface area contributed by atoms with Gasteiger partial charge in [0.25, 0.3) is 10.0 Å². The molecule has 0 atom stereocenters. The summed E-state index contributed by atoms with van der Waals surface area (Å²) in [4.78, 5) is 34.7. The zero-order valence-electron chi connectivity index (χ0n) is 15.8. The Morgan fingerprint density at radius 1 is 1.14 bits per heavy atom. The first-order valence-corrected chi connectivity index (χ1v) is 9.71. The molecular formula is C16H19N5O7S. The molecule has 156 valence electrons. The number of methoxy groups -OCH3 is 1. The van der Waals surface area contributed by atoms with Crippen LogP contribution in [-0.4, -0.2) is 55.7 Å². The lowest BCUT2D eigenvalue weighted by atomic mass is 10.3. The van der Waals surface area contributed by atoms with E-state index in [0.29, 0.717) is 0 Å². The molecule has 0 bridgehead atoms. The maximum atomic E-state index is 12.6. The van der Waals surface area contributed by atoms with E-state index in [1.165, 1.54) is 31.4 Å². The Labute approximate surface area is 166 Å². The lowest BCUT2D eigenvalue weighted by molar-refractivity contribution is -0.145. The average Bonchev–Trinajstić information content (AvgIpc) is 2.65. The first-order chi connectivity index (χ1) is 13.7. The first kappa shape index (κ1) is 21.8. The van der Waals surface area contributed by atoms with Gasteiger partial charge in [-0.2, -0.15) is 15.0 Å². The number of aryl methyl sites for hydroxylation is 1. The Hall–Kier alpha value is -3.48. The predicted molar refractivity (Wildman–Crippen MR) is 99.0 cm³/mol. The summed E-state index contributed by atoms with van der Waals surface area (Å²) < 4.78 is 41.7. The van der Waals surface area contributed by atoms with Crippen LogP contribution in [-0.2, 0) is 19.6 Å². The summed E-state index contributed by atoms with van der Waals surface area (Å²) in [5, 5.41) is 2.18. The van der Waals surface area contributed by atoms with Gasteiger partial charge < -0.3 is 14.2 Å². The molecule has 0 aliphatic rings. The average molecular weight is 425 g/mol. The second kappa shape index (κ2) is 9.64. The molecule has 0 aliphatic carbocycles. The monoisotopic (exact) mass is 425 g/mol. The fourth-order valence-electron chi connectivity index (χ4n) is 2.04. The number of carbonyl (C=O) groups is 2. The number of urea groups is 1. The van der Waals surface area contributed by atoms with E-state index in [1.54, 1.807) is 13.8 Å². The third-order valence-corrected chi connectivity index (χ3v) is 4.52. The molecule has 1 aromatic carbocycles. The third-order valence-electron chi connectivity index (χ3n) is 3.15. The van der Waals surface area contributed by atoms with Crippen LogP contribution in [0.3, 0.4) is 0 Å². The normalized spacial score (nSPS) is 10.7. The van der Waals surface area contributed by atoms with Crippen LogP contribution >= 0.6 is 0 Å². The lowest BCUT2D eigenvalue weighted by Gasteiger charge is -2.12. The van der Waals surface area contributed by atoms with Gasteiger partial charge >= 0.3 is 18.0 Å². The number of ether oxygens (including phenoxy) is 3. The van der Waals surface area contributed by atoms with Gasteiger partial charge in [0.2, 0.25) is 5.95 Å². The fourth-order valence-corrected chi connectivity index (χ4v) is 3.09. The minimum absolute atomic E-state index is 0.0478. The van der Waals surface area contributed by atoms with Crippen LogP contribution in [0, 0.1) is 6.92 Å². The highest BCUT2D eigenvalue weighted by atomic mass is 32.2. The summed E-state index contributed by atoms with van der Waals surface area (Å²) in [6.45, 7) is 2.84. The molecule has 2 rings (SSSR count). The third kappa shape index (κ3) is 6.27. The molecule has 0 spiro atoms. The number of esters is 1. The van der Waals surface area contributed by atoms with E-state index in [0.717, 1.165) is 0 Å². The number of hydrogen-bond donors (Lipinski definition) is 2. The minimum atomic E-state index is -4.34. The van der Waals surface area contributed by atoms with E-state index < -0.39 is 28.6 Å². The standard InChI is InChI=1S/C16H19N5O7S/c1-4-27-13(22)9-28-11-7-5-6-8-12(11)29(24,25)21-15(23)19-14-17-10(2)18-16(20-14)26-3/h5-8H,4,9H2,1-3H3,(H2,17,18,19,20,21,23). The van der Waals surface area contributed by atoms with Crippen molar-refractivity contribution in [1.82, 2.24) is 19.7 Å². The van der Waals surface area contributed by atoms with E-state index in [2.05, 4.69) is 20.3 Å². The Kier molecular flexibility index (Phi) is 7.25. The maximum absolute atomic E-state index is 12.6.